The van der Waals surface area contributed by atoms with Crippen molar-refractivity contribution in [1.29, 1.82) is 0 Å². The number of allylic oxidation sites excluding steroid dienone is 1. The van der Waals surface area contributed by atoms with Crippen molar-refractivity contribution in [2.45, 2.75) is 44.5 Å². The molecule has 0 spiro atoms. The summed E-state index contributed by atoms with van der Waals surface area (Å²) in [7, 11) is 0. The molecule has 1 aliphatic rings. The Balaban J connectivity index is 1.46. The molecule has 1 aliphatic heterocycles. The van der Waals surface area contributed by atoms with E-state index in [2.05, 4.69) is 30.4 Å². The second-order valence-corrected chi connectivity index (χ2v) is 7.47. The third-order valence-corrected chi connectivity index (χ3v) is 5.19. The van der Waals surface area contributed by atoms with Crippen LogP contribution in [0.1, 0.15) is 36.7 Å². The van der Waals surface area contributed by atoms with Gasteiger partial charge in [-0.1, -0.05) is 23.7 Å². The Morgan fingerprint density at radius 2 is 2.17 bits per heavy atom. The molecule has 2 aromatic heterocycles. The van der Waals surface area contributed by atoms with Crippen LogP contribution < -0.4 is 5.32 Å². The van der Waals surface area contributed by atoms with Gasteiger partial charge in [0, 0.05) is 24.0 Å². The van der Waals surface area contributed by atoms with Crippen LogP contribution in [0, 0.1) is 0 Å². The minimum absolute atomic E-state index is 0.0109. The predicted octanol–water partition coefficient (Wildman–Crippen LogP) is 2.99. The highest BCUT2D eigenvalue weighted by Gasteiger charge is 2.29. The van der Waals surface area contributed by atoms with Gasteiger partial charge in [-0.3, -0.25) is 0 Å². The van der Waals surface area contributed by atoms with Gasteiger partial charge in [0.25, 0.3) is 0 Å². The van der Waals surface area contributed by atoms with E-state index in [0.717, 1.165) is 43.7 Å². The van der Waals surface area contributed by atoms with Crippen LogP contribution in [0.5, 0.6) is 0 Å². The largest absolute Gasteiger partial charge is 0.496 e. The number of benzene rings is 1. The number of aryl methyl sites for hydroxylation is 1. The first-order valence-electron chi connectivity index (χ1n) is 9.80. The molecule has 0 radical (unpaired) electrons. The van der Waals surface area contributed by atoms with Crippen LogP contribution in [-0.4, -0.2) is 42.4 Å². The Morgan fingerprint density at radius 1 is 1.28 bits per heavy atom. The van der Waals surface area contributed by atoms with Crippen LogP contribution in [-0.2, 0) is 17.8 Å². The van der Waals surface area contributed by atoms with E-state index in [1.165, 1.54) is 0 Å². The minimum Gasteiger partial charge on any atom is -0.496 e. The summed E-state index contributed by atoms with van der Waals surface area (Å²) < 4.78 is 9.81. The Bertz CT molecular complexity index is 907. The van der Waals surface area contributed by atoms with Gasteiger partial charge < -0.3 is 14.6 Å². The van der Waals surface area contributed by atoms with Crippen molar-refractivity contribution in [3.8, 4) is 0 Å². The third-order valence-electron chi connectivity index (χ3n) is 4.94. The topological polar surface area (TPSA) is 82.7 Å². The lowest BCUT2D eigenvalue weighted by Crippen LogP contribution is -2.37. The maximum Gasteiger partial charge on any atom is 0.172 e. The SMILES string of the molecule is Clc1ccc(Cn2nnnc2C(NCCCn2ccnc2)C2CCC=CO2)cc1. The van der Waals surface area contributed by atoms with E-state index in [9.17, 15) is 0 Å². The van der Waals surface area contributed by atoms with E-state index in [0.29, 0.717) is 11.6 Å². The molecule has 0 saturated heterocycles. The number of nitrogens with one attached hydrogen (secondary N) is 1. The minimum atomic E-state index is -0.0926. The van der Waals surface area contributed by atoms with Gasteiger partial charge in [0.15, 0.2) is 5.82 Å². The van der Waals surface area contributed by atoms with E-state index in [1.807, 2.05) is 47.5 Å². The number of tetrazole rings is 1. The summed E-state index contributed by atoms with van der Waals surface area (Å²) in [4.78, 5) is 4.08. The second kappa shape index (κ2) is 9.67. The summed E-state index contributed by atoms with van der Waals surface area (Å²) in [5.74, 6) is 0.780. The van der Waals surface area contributed by atoms with Crippen molar-refractivity contribution in [3.63, 3.8) is 0 Å². The number of hydrogen-bond acceptors (Lipinski definition) is 6. The van der Waals surface area contributed by atoms with Crippen LogP contribution in [0.4, 0.5) is 0 Å². The molecule has 29 heavy (non-hydrogen) atoms. The highest BCUT2D eigenvalue weighted by molar-refractivity contribution is 6.30. The zero-order valence-corrected chi connectivity index (χ0v) is 16.8. The normalized spacial score (nSPS) is 17.2. The number of nitrogens with zero attached hydrogens (tertiary/aromatic N) is 6. The molecule has 0 fully saturated rings. The summed E-state index contributed by atoms with van der Waals surface area (Å²) in [6.07, 6.45) is 12.3. The summed E-state index contributed by atoms with van der Waals surface area (Å²) in [6, 6.07) is 7.64. The fourth-order valence-corrected chi connectivity index (χ4v) is 3.56. The molecule has 1 aromatic carbocycles. The number of halogens is 1. The van der Waals surface area contributed by atoms with Gasteiger partial charge in [-0.05, 0) is 60.0 Å². The van der Waals surface area contributed by atoms with E-state index in [-0.39, 0.29) is 12.1 Å². The lowest BCUT2D eigenvalue weighted by Gasteiger charge is -2.28. The zero-order valence-electron chi connectivity index (χ0n) is 16.1. The molecule has 3 aromatic rings. The standard InChI is InChI=1S/C20H24ClN7O/c21-17-7-5-16(6-8-17)14-28-20(24-25-26-28)19(18-4-1-2-13-29-18)23-9-3-11-27-12-10-22-15-27/h2,5-8,10,12-13,15,18-19,23H,1,3-4,9,11,14H2. The van der Waals surface area contributed by atoms with E-state index < -0.39 is 0 Å². The summed E-state index contributed by atoms with van der Waals surface area (Å²) >= 11 is 6.00. The van der Waals surface area contributed by atoms with Gasteiger partial charge in [-0.2, -0.15) is 0 Å². The molecule has 4 rings (SSSR count). The zero-order chi connectivity index (χ0) is 19.9. The Morgan fingerprint density at radius 3 is 2.93 bits per heavy atom. The van der Waals surface area contributed by atoms with Crippen LogP contribution >= 0.6 is 11.6 Å². The molecular weight excluding hydrogens is 390 g/mol. The Hall–Kier alpha value is -2.71. The molecule has 0 amide bonds. The number of imidazole rings is 1. The molecule has 9 heteroatoms. The van der Waals surface area contributed by atoms with Crippen LogP contribution in [0.15, 0.2) is 55.3 Å². The van der Waals surface area contributed by atoms with Crippen LogP contribution in [0.3, 0.4) is 0 Å². The third kappa shape index (κ3) is 5.21. The van der Waals surface area contributed by atoms with Gasteiger partial charge in [0.1, 0.15) is 12.1 Å². The summed E-state index contributed by atoms with van der Waals surface area (Å²) in [6.45, 7) is 2.30. The number of ether oxygens (including phenoxy) is 1. The highest BCUT2D eigenvalue weighted by atomic mass is 35.5. The van der Waals surface area contributed by atoms with Gasteiger partial charge in [-0.25, -0.2) is 9.67 Å². The number of hydrogen-bond donors (Lipinski definition) is 1. The molecule has 2 unspecified atom stereocenters. The first-order valence-corrected chi connectivity index (χ1v) is 10.2. The quantitative estimate of drug-likeness (QED) is 0.543. The smallest absolute Gasteiger partial charge is 0.172 e. The molecule has 0 bridgehead atoms. The summed E-state index contributed by atoms with van der Waals surface area (Å²) in [5, 5.41) is 16.8. The van der Waals surface area contributed by atoms with E-state index in [1.54, 1.807) is 12.5 Å². The number of aromatic nitrogens is 6. The first kappa shape index (κ1) is 19.6. The molecule has 0 saturated carbocycles. The average molecular weight is 414 g/mol. The first-order chi connectivity index (χ1) is 14.3. The maximum absolute atomic E-state index is 6.00. The molecule has 0 aliphatic carbocycles. The average Bonchev–Trinajstić information content (AvgIpc) is 3.43. The Kier molecular flexibility index (Phi) is 6.53. The van der Waals surface area contributed by atoms with Crippen molar-refractivity contribution < 1.29 is 4.74 Å². The molecule has 152 valence electrons. The lowest BCUT2D eigenvalue weighted by atomic mass is 10.0. The van der Waals surface area contributed by atoms with Gasteiger partial charge in [0.2, 0.25) is 0 Å². The molecule has 8 nitrogen and oxygen atoms in total. The molecule has 2 atom stereocenters. The van der Waals surface area contributed by atoms with Gasteiger partial charge in [0.05, 0.1) is 19.1 Å². The maximum atomic E-state index is 6.00. The van der Waals surface area contributed by atoms with Crippen molar-refractivity contribution in [2.75, 3.05) is 6.54 Å². The molecule has 3 heterocycles. The van der Waals surface area contributed by atoms with Crippen molar-refractivity contribution >= 4 is 11.6 Å². The predicted molar refractivity (Wildman–Crippen MR) is 109 cm³/mol. The van der Waals surface area contributed by atoms with Crippen molar-refractivity contribution in [1.82, 2.24) is 35.1 Å². The van der Waals surface area contributed by atoms with Gasteiger partial charge >= 0.3 is 0 Å². The van der Waals surface area contributed by atoms with E-state index >= 15 is 0 Å². The monoisotopic (exact) mass is 413 g/mol. The van der Waals surface area contributed by atoms with Crippen molar-refractivity contribution in [3.05, 3.63) is 71.7 Å². The highest BCUT2D eigenvalue weighted by Crippen LogP contribution is 2.24. The fraction of sp³-hybridized carbons (Fsp3) is 0.400. The van der Waals surface area contributed by atoms with Crippen LogP contribution in [0.25, 0.3) is 0 Å². The second-order valence-electron chi connectivity index (χ2n) is 7.03. The lowest BCUT2D eigenvalue weighted by molar-refractivity contribution is 0.0804. The molecule has 1 N–H and O–H groups in total. The van der Waals surface area contributed by atoms with Gasteiger partial charge in [-0.15, -0.1) is 5.10 Å². The summed E-state index contributed by atoms with van der Waals surface area (Å²) in [5.41, 5.74) is 1.09. The fourth-order valence-electron chi connectivity index (χ4n) is 3.44. The van der Waals surface area contributed by atoms with Crippen molar-refractivity contribution in [2.24, 2.45) is 0 Å². The number of rotatable bonds is 9. The van der Waals surface area contributed by atoms with Crippen LogP contribution in [0.2, 0.25) is 5.02 Å². The Labute approximate surface area is 174 Å². The van der Waals surface area contributed by atoms with E-state index in [4.69, 9.17) is 16.3 Å². The molecular formula is C20H24ClN7O.